The maximum Gasteiger partial charge on any atom is 0.227 e. The lowest BCUT2D eigenvalue weighted by atomic mass is 10.1. The van der Waals surface area contributed by atoms with Gasteiger partial charge < -0.3 is 14.4 Å². The van der Waals surface area contributed by atoms with Crippen LogP contribution in [-0.4, -0.2) is 70.2 Å². The minimum Gasteiger partial charge on any atom is -0.496 e. The van der Waals surface area contributed by atoms with Crippen molar-refractivity contribution in [2.45, 2.75) is 19.8 Å². The Morgan fingerprint density at radius 3 is 2.36 bits per heavy atom. The van der Waals surface area contributed by atoms with Crippen LogP contribution >= 0.6 is 0 Å². The molecule has 0 radical (unpaired) electrons. The van der Waals surface area contributed by atoms with E-state index in [4.69, 9.17) is 9.47 Å². The number of amides is 1. The van der Waals surface area contributed by atoms with Crippen LogP contribution in [0.1, 0.15) is 17.5 Å². The molecule has 8 heteroatoms. The summed E-state index contributed by atoms with van der Waals surface area (Å²) in [6.45, 7) is 3.65. The second kappa shape index (κ2) is 8.05. The molecular weight excluding hydrogens is 344 g/mol. The molecule has 0 saturated carbocycles. The Labute approximate surface area is 149 Å². The second-order valence-corrected chi connectivity index (χ2v) is 8.19. The Bertz CT molecular complexity index is 733. The summed E-state index contributed by atoms with van der Waals surface area (Å²) < 4.78 is 35.5. The standard InChI is InChI=1S/C17H26N2O5S/c1-13-10-16(24-3)14(11-15(13)23-2)12-17(20)18-6-5-7-19(9-8-18)25(4,21)22/h10-11H,5-9,12H2,1-4H3. The van der Waals surface area contributed by atoms with Crippen LogP contribution in [-0.2, 0) is 21.2 Å². The lowest BCUT2D eigenvalue weighted by Gasteiger charge is -2.22. The molecule has 0 N–H and O–H groups in total. The van der Waals surface area contributed by atoms with Gasteiger partial charge in [-0.25, -0.2) is 12.7 Å². The molecule has 1 fully saturated rings. The average molecular weight is 370 g/mol. The average Bonchev–Trinajstić information content (AvgIpc) is 2.82. The van der Waals surface area contributed by atoms with Gasteiger partial charge in [0.1, 0.15) is 11.5 Å². The Morgan fingerprint density at radius 2 is 1.76 bits per heavy atom. The second-order valence-electron chi connectivity index (χ2n) is 6.21. The van der Waals surface area contributed by atoms with Crippen molar-refractivity contribution in [3.63, 3.8) is 0 Å². The van der Waals surface area contributed by atoms with Gasteiger partial charge in [0.25, 0.3) is 0 Å². The van der Waals surface area contributed by atoms with Crippen molar-refractivity contribution in [2.24, 2.45) is 0 Å². The van der Waals surface area contributed by atoms with Gasteiger partial charge in [-0.05, 0) is 31.0 Å². The van der Waals surface area contributed by atoms with Gasteiger partial charge in [-0.1, -0.05) is 0 Å². The van der Waals surface area contributed by atoms with Crippen LogP contribution in [0.5, 0.6) is 11.5 Å². The third-order valence-corrected chi connectivity index (χ3v) is 5.72. The molecule has 0 aliphatic carbocycles. The van der Waals surface area contributed by atoms with Gasteiger partial charge in [-0.3, -0.25) is 4.79 Å². The zero-order valence-corrected chi connectivity index (χ0v) is 16.1. The summed E-state index contributed by atoms with van der Waals surface area (Å²) in [7, 11) is -0.0560. The van der Waals surface area contributed by atoms with E-state index in [0.29, 0.717) is 44.1 Å². The molecule has 1 heterocycles. The highest BCUT2D eigenvalue weighted by molar-refractivity contribution is 7.88. The minimum atomic E-state index is -3.22. The zero-order chi connectivity index (χ0) is 18.6. The third-order valence-electron chi connectivity index (χ3n) is 4.42. The van der Waals surface area contributed by atoms with Crippen LogP contribution in [0.2, 0.25) is 0 Å². The van der Waals surface area contributed by atoms with Gasteiger partial charge in [-0.2, -0.15) is 0 Å². The van der Waals surface area contributed by atoms with Crippen molar-refractivity contribution in [1.29, 1.82) is 0 Å². The first-order valence-electron chi connectivity index (χ1n) is 8.20. The Balaban J connectivity index is 2.12. The predicted octanol–water partition coefficient (Wildman–Crippen LogP) is 1.05. The van der Waals surface area contributed by atoms with Crippen molar-refractivity contribution in [2.75, 3.05) is 46.7 Å². The highest BCUT2D eigenvalue weighted by Crippen LogP contribution is 2.29. The molecular formula is C17H26N2O5S. The van der Waals surface area contributed by atoms with Crippen molar-refractivity contribution in [1.82, 2.24) is 9.21 Å². The number of sulfonamides is 1. The fourth-order valence-electron chi connectivity index (χ4n) is 3.00. The maximum absolute atomic E-state index is 12.7. The van der Waals surface area contributed by atoms with Gasteiger partial charge in [0, 0.05) is 31.7 Å². The number of carbonyl (C=O) groups excluding carboxylic acids is 1. The third kappa shape index (κ3) is 4.85. The Kier molecular flexibility index (Phi) is 6.29. The van der Waals surface area contributed by atoms with Crippen LogP contribution in [0, 0.1) is 6.92 Å². The molecule has 0 spiro atoms. The monoisotopic (exact) mass is 370 g/mol. The molecule has 7 nitrogen and oxygen atoms in total. The molecule has 1 amide bonds. The number of benzene rings is 1. The summed E-state index contributed by atoms with van der Waals surface area (Å²) in [5, 5.41) is 0. The molecule has 1 aliphatic heterocycles. The van der Waals surface area contributed by atoms with E-state index in [-0.39, 0.29) is 12.3 Å². The fraction of sp³-hybridized carbons (Fsp3) is 0.588. The number of hydrogen-bond acceptors (Lipinski definition) is 5. The lowest BCUT2D eigenvalue weighted by Crippen LogP contribution is -2.37. The first-order chi connectivity index (χ1) is 11.8. The summed E-state index contributed by atoms with van der Waals surface area (Å²) in [4.78, 5) is 14.4. The van der Waals surface area contributed by atoms with E-state index >= 15 is 0 Å². The van der Waals surface area contributed by atoms with E-state index in [2.05, 4.69) is 0 Å². The zero-order valence-electron chi connectivity index (χ0n) is 15.2. The van der Waals surface area contributed by atoms with Gasteiger partial charge >= 0.3 is 0 Å². The molecule has 0 aromatic heterocycles. The molecule has 25 heavy (non-hydrogen) atoms. The topological polar surface area (TPSA) is 76.2 Å². The van der Waals surface area contributed by atoms with Gasteiger partial charge in [0.2, 0.25) is 15.9 Å². The number of hydrogen-bond donors (Lipinski definition) is 0. The summed E-state index contributed by atoms with van der Waals surface area (Å²) in [6, 6.07) is 3.68. The number of rotatable bonds is 5. The van der Waals surface area contributed by atoms with Crippen LogP contribution in [0.15, 0.2) is 12.1 Å². The SMILES string of the molecule is COc1cc(CC(=O)N2CCCN(S(C)(=O)=O)CC2)c(OC)cc1C. The molecule has 0 atom stereocenters. The van der Waals surface area contributed by atoms with E-state index in [1.807, 2.05) is 19.1 Å². The van der Waals surface area contributed by atoms with E-state index in [1.165, 1.54) is 10.6 Å². The molecule has 1 aromatic rings. The summed E-state index contributed by atoms with van der Waals surface area (Å²) in [5.74, 6) is 1.32. The molecule has 1 saturated heterocycles. The van der Waals surface area contributed by atoms with Crippen molar-refractivity contribution >= 4 is 15.9 Å². The van der Waals surface area contributed by atoms with Crippen LogP contribution in [0.3, 0.4) is 0 Å². The fourth-order valence-corrected chi connectivity index (χ4v) is 3.88. The highest BCUT2D eigenvalue weighted by Gasteiger charge is 2.24. The number of ether oxygens (including phenoxy) is 2. The van der Waals surface area contributed by atoms with Gasteiger partial charge in [0.15, 0.2) is 0 Å². The van der Waals surface area contributed by atoms with E-state index in [9.17, 15) is 13.2 Å². The molecule has 0 unspecified atom stereocenters. The van der Waals surface area contributed by atoms with Crippen molar-refractivity contribution in [3.8, 4) is 11.5 Å². The largest absolute Gasteiger partial charge is 0.496 e. The van der Waals surface area contributed by atoms with Crippen LogP contribution < -0.4 is 9.47 Å². The first kappa shape index (κ1) is 19.5. The van der Waals surface area contributed by atoms with Gasteiger partial charge in [0.05, 0.1) is 26.9 Å². The number of carbonyl (C=O) groups is 1. The van der Waals surface area contributed by atoms with Crippen LogP contribution in [0.25, 0.3) is 0 Å². The molecule has 2 rings (SSSR count). The van der Waals surface area contributed by atoms with Crippen molar-refractivity contribution < 1.29 is 22.7 Å². The molecule has 0 bridgehead atoms. The number of methoxy groups -OCH3 is 2. The summed E-state index contributed by atoms with van der Waals surface area (Å²) in [5.41, 5.74) is 1.70. The van der Waals surface area contributed by atoms with E-state index in [0.717, 1.165) is 11.1 Å². The van der Waals surface area contributed by atoms with E-state index < -0.39 is 10.0 Å². The Hall–Kier alpha value is -1.80. The smallest absolute Gasteiger partial charge is 0.227 e. The predicted molar refractivity (Wildman–Crippen MR) is 95.6 cm³/mol. The minimum absolute atomic E-state index is 0.0421. The quantitative estimate of drug-likeness (QED) is 0.774. The molecule has 1 aliphatic rings. The maximum atomic E-state index is 12.7. The summed E-state index contributed by atoms with van der Waals surface area (Å²) in [6.07, 6.45) is 2.03. The number of nitrogens with zero attached hydrogens (tertiary/aromatic N) is 2. The molecule has 1 aromatic carbocycles. The van der Waals surface area contributed by atoms with Crippen LogP contribution in [0.4, 0.5) is 0 Å². The first-order valence-corrected chi connectivity index (χ1v) is 10.1. The van der Waals surface area contributed by atoms with Gasteiger partial charge in [-0.15, -0.1) is 0 Å². The highest BCUT2D eigenvalue weighted by atomic mass is 32.2. The summed E-state index contributed by atoms with van der Waals surface area (Å²) >= 11 is 0. The van der Waals surface area contributed by atoms with Crippen molar-refractivity contribution in [3.05, 3.63) is 23.3 Å². The number of aryl methyl sites for hydroxylation is 1. The Morgan fingerprint density at radius 1 is 1.08 bits per heavy atom. The normalized spacial score (nSPS) is 16.4. The van der Waals surface area contributed by atoms with E-state index in [1.54, 1.807) is 19.1 Å². The lowest BCUT2D eigenvalue weighted by molar-refractivity contribution is -0.130. The molecule has 140 valence electrons.